The number of carbonyl (C=O) groups excluding carboxylic acids is 2. The Morgan fingerprint density at radius 1 is 1.16 bits per heavy atom. The summed E-state index contributed by atoms with van der Waals surface area (Å²) in [5.41, 5.74) is 0.619. The summed E-state index contributed by atoms with van der Waals surface area (Å²) in [6.45, 7) is 0.567. The lowest BCUT2D eigenvalue weighted by molar-refractivity contribution is -0.127. The van der Waals surface area contributed by atoms with Gasteiger partial charge in [-0.2, -0.15) is 0 Å². The van der Waals surface area contributed by atoms with E-state index in [4.69, 9.17) is 11.6 Å². The second-order valence-corrected chi connectivity index (χ2v) is 6.15. The maximum Gasteiger partial charge on any atom is 0.259 e. The summed E-state index contributed by atoms with van der Waals surface area (Å²) in [5.74, 6) is -1.54. The van der Waals surface area contributed by atoms with E-state index in [1.54, 1.807) is 4.90 Å². The van der Waals surface area contributed by atoms with Crippen LogP contribution < -0.4 is 4.90 Å². The Morgan fingerprint density at radius 3 is 2.48 bits per heavy atom. The molecule has 4 nitrogen and oxygen atoms in total. The second kappa shape index (κ2) is 7.19. The Balaban J connectivity index is 1.95. The van der Waals surface area contributed by atoms with Gasteiger partial charge in [0.05, 0.1) is 5.02 Å². The van der Waals surface area contributed by atoms with E-state index < -0.39 is 17.5 Å². The third kappa shape index (κ3) is 3.79. The monoisotopic (exact) mass is 364 g/mol. The van der Waals surface area contributed by atoms with Crippen molar-refractivity contribution in [2.75, 3.05) is 18.1 Å². The highest BCUT2D eigenvalue weighted by molar-refractivity contribution is 6.31. The molecular formula is C18H15ClF2N2O2. The molecule has 1 aliphatic rings. The van der Waals surface area contributed by atoms with Crippen molar-refractivity contribution >= 4 is 29.1 Å². The van der Waals surface area contributed by atoms with Crippen LogP contribution in [0.4, 0.5) is 14.5 Å². The number of benzene rings is 2. The Hall–Kier alpha value is -2.47. The number of nitrogens with zero attached hydrogens (tertiary/aromatic N) is 2. The van der Waals surface area contributed by atoms with E-state index in [2.05, 4.69) is 0 Å². The number of amides is 2. The summed E-state index contributed by atoms with van der Waals surface area (Å²) in [6.07, 6.45) is 1.16. The summed E-state index contributed by atoms with van der Waals surface area (Å²) >= 11 is 5.83. The molecule has 0 radical (unpaired) electrons. The summed E-state index contributed by atoms with van der Waals surface area (Å²) in [5, 5.41) is -0.123. The van der Waals surface area contributed by atoms with Crippen molar-refractivity contribution in [2.24, 2.45) is 0 Å². The summed E-state index contributed by atoms with van der Waals surface area (Å²) in [6, 6.07) is 9.01. The Morgan fingerprint density at radius 2 is 1.88 bits per heavy atom. The highest BCUT2D eigenvalue weighted by Crippen LogP contribution is 2.25. The van der Waals surface area contributed by atoms with E-state index in [1.807, 2.05) is 0 Å². The van der Waals surface area contributed by atoms with Gasteiger partial charge in [0.2, 0.25) is 5.91 Å². The molecule has 0 saturated carbocycles. The number of rotatable bonds is 4. The molecule has 2 aromatic carbocycles. The third-order valence-corrected chi connectivity index (χ3v) is 4.32. The molecule has 0 bridgehead atoms. The highest BCUT2D eigenvalue weighted by Gasteiger charge is 2.26. The number of halogens is 3. The molecule has 3 rings (SSSR count). The molecule has 1 heterocycles. The molecule has 1 saturated heterocycles. The standard InChI is InChI=1S/C18H15ClF2N2O2/c19-15-10-14(7-8-16(15)21)23(11-22-9-1-2-17(22)24)18(25)12-3-5-13(20)6-4-12/h3-8,10H,1-2,9,11H2. The predicted molar refractivity (Wildman–Crippen MR) is 90.4 cm³/mol. The van der Waals surface area contributed by atoms with Crippen LogP contribution in [-0.2, 0) is 4.79 Å². The molecule has 7 heteroatoms. The third-order valence-electron chi connectivity index (χ3n) is 4.03. The minimum atomic E-state index is -0.600. The van der Waals surface area contributed by atoms with Gasteiger partial charge in [0.15, 0.2) is 0 Å². The zero-order chi connectivity index (χ0) is 18.0. The predicted octanol–water partition coefficient (Wildman–Crippen LogP) is 3.84. The van der Waals surface area contributed by atoms with Gasteiger partial charge < -0.3 is 4.90 Å². The Labute approximate surface area is 148 Å². The lowest BCUT2D eigenvalue weighted by atomic mass is 10.2. The summed E-state index contributed by atoms with van der Waals surface area (Å²) < 4.78 is 26.6. The number of likely N-dealkylation sites (tertiary alicyclic amines) is 1. The van der Waals surface area contributed by atoms with Gasteiger partial charge in [-0.3, -0.25) is 14.5 Å². The average molecular weight is 365 g/mol. The van der Waals surface area contributed by atoms with Crippen molar-refractivity contribution in [3.05, 3.63) is 64.7 Å². The lowest BCUT2D eigenvalue weighted by Gasteiger charge is -2.28. The molecule has 1 aliphatic heterocycles. The minimum absolute atomic E-state index is 0.0248. The largest absolute Gasteiger partial charge is 0.324 e. The van der Waals surface area contributed by atoms with E-state index >= 15 is 0 Å². The van der Waals surface area contributed by atoms with E-state index in [0.717, 1.165) is 12.5 Å². The topological polar surface area (TPSA) is 40.6 Å². The fraction of sp³-hybridized carbons (Fsp3) is 0.222. The summed E-state index contributed by atoms with van der Waals surface area (Å²) in [7, 11) is 0. The van der Waals surface area contributed by atoms with Gasteiger partial charge >= 0.3 is 0 Å². The molecule has 0 atom stereocenters. The van der Waals surface area contributed by atoms with Crippen molar-refractivity contribution in [3.8, 4) is 0 Å². The van der Waals surface area contributed by atoms with Crippen molar-refractivity contribution in [3.63, 3.8) is 0 Å². The van der Waals surface area contributed by atoms with Gasteiger partial charge in [-0.05, 0) is 48.9 Å². The van der Waals surface area contributed by atoms with Gasteiger partial charge in [-0.25, -0.2) is 8.78 Å². The fourth-order valence-electron chi connectivity index (χ4n) is 2.69. The minimum Gasteiger partial charge on any atom is -0.324 e. The first-order chi connectivity index (χ1) is 12.0. The van der Waals surface area contributed by atoms with Crippen LogP contribution in [0, 0.1) is 11.6 Å². The first kappa shape index (κ1) is 17.4. The SMILES string of the molecule is O=C1CCCN1CN(C(=O)c1ccc(F)cc1)c1ccc(F)c(Cl)c1. The van der Waals surface area contributed by atoms with Gasteiger partial charge in [0, 0.05) is 24.2 Å². The molecule has 1 fully saturated rings. The van der Waals surface area contributed by atoms with Crippen LogP contribution in [0.3, 0.4) is 0 Å². The molecular weight excluding hydrogens is 350 g/mol. The molecule has 0 aliphatic carbocycles. The molecule has 0 N–H and O–H groups in total. The van der Waals surface area contributed by atoms with Crippen molar-refractivity contribution in [1.29, 1.82) is 0 Å². The van der Waals surface area contributed by atoms with E-state index in [9.17, 15) is 18.4 Å². The van der Waals surface area contributed by atoms with Crippen LogP contribution >= 0.6 is 11.6 Å². The zero-order valence-corrected chi connectivity index (χ0v) is 14.0. The van der Waals surface area contributed by atoms with E-state index in [0.29, 0.717) is 18.7 Å². The Bertz CT molecular complexity index is 811. The number of carbonyl (C=O) groups is 2. The van der Waals surface area contributed by atoms with Crippen LogP contribution in [0.5, 0.6) is 0 Å². The lowest BCUT2D eigenvalue weighted by Crippen LogP contribution is -2.42. The molecule has 25 heavy (non-hydrogen) atoms. The first-order valence-corrected chi connectivity index (χ1v) is 8.14. The average Bonchev–Trinajstić information content (AvgIpc) is 3.00. The maximum absolute atomic E-state index is 13.5. The van der Waals surface area contributed by atoms with Gasteiger partial charge in [0.1, 0.15) is 18.3 Å². The van der Waals surface area contributed by atoms with Crippen LogP contribution in [0.25, 0.3) is 0 Å². The van der Waals surface area contributed by atoms with Crippen molar-refractivity contribution in [2.45, 2.75) is 12.8 Å². The first-order valence-electron chi connectivity index (χ1n) is 7.76. The van der Waals surface area contributed by atoms with Crippen molar-refractivity contribution in [1.82, 2.24) is 4.90 Å². The van der Waals surface area contributed by atoms with Crippen LogP contribution in [0.15, 0.2) is 42.5 Å². The molecule has 2 amide bonds. The molecule has 0 aromatic heterocycles. The molecule has 0 spiro atoms. The number of anilines is 1. The molecule has 130 valence electrons. The normalized spacial score (nSPS) is 14.0. The quantitative estimate of drug-likeness (QED) is 0.827. The van der Waals surface area contributed by atoms with Crippen LogP contribution in [-0.4, -0.2) is 29.9 Å². The molecule has 2 aromatic rings. The number of hydrogen-bond acceptors (Lipinski definition) is 2. The highest BCUT2D eigenvalue weighted by atomic mass is 35.5. The number of hydrogen-bond donors (Lipinski definition) is 0. The molecule has 0 unspecified atom stereocenters. The smallest absolute Gasteiger partial charge is 0.259 e. The maximum atomic E-state index is 13.5. The van der Waals surface area contributed by atoms with Gasteiger partial charge in [-0.1, -0.05) is 11.6 Å². The Kier molecular flexibility index (Phi) is 4.99. The van der Waals surface area contributed by atoms with Crippen molar-refractivity contribution < 1.29 is 18.4 Å². The second-order valence-electron chi connectivity index (χ2n) is 5.74. The fourth-order valence-corrected chi connectivity index (χ4v) is 2.86. The zero-order valence-electron chi connectivity index (χ0n) is 13.2. The van der Waals surface area contributed by atoms with E-state index in [-0.39, 0.29) is 23.2 Å². The van der Waals surface area contributed by atoms with E-state index in [1.165, 1.54) is 41.3 Å². The summed E-state index contributed by atoms with van der Waals surface area (Å²) in [4.78, 5) is 27.7. The van der Waals surface area contributed by atoms with Gasteiger partial charge in [0.25, 0.3) is 5.91 Å². The van der Waals surface area contributed by atoms with Crippen LogP contribution in [0.1, 0.15) is 23.2 Å². The van der Waals surface area contributed by atoms with Crippen LogP contribution in [0.2, 0.25) is 5.02 Å². The van der Waals surface area contributed by atoms with Gasteiger partial charge in [-0.15, -0.1) is 0 Å².